The van der Waals surface area contributed by atoms with Gasteiger partial charge in [0.15, 0.2) is 0 Å². The van der Waals surface area contributed by atoms with Gasteiger partial charge in [0.25, 0.3) is 0 Å². The van der Waals surface area contributed by atoms with Gasteiger partial charge in [0.1, 0.15) is 13.1 Å². The summed E-state index contributed by atoms with van der Waals surface area (Å²) in [5, 5.41) is 5.26. The predicted octanol–water partition coefficient (Wildman–Crippen LogP) is -0.645. The van der Waals surface area contributed by atoms with E-state index in [0.29, 0.717) is 12.2 Å². The Morgan fingerprint density at radius 2 is 2.00 bits per heavy atom. The number of amides is 2. The molecular weight excluding hydrogens is 282 g/mol. The average molecular weight is 306 g/mol. The minimum Gasteiger partial charge on any atom is -0.370 e. The second-order valence-corrected chi connectivity index (χ2v) is 5.55. The molecule has 0 aromatic heterocycles. The zero-order valence-electron chi connectivity index (χ0n) is 13.0. The molecule has 0 aliphatic carbocycles. The minimum absolute atomic E-state index is 0.518. The van der Waals surface area contributed by atoms with Gasteiger partial charge in [-0.1, -0.05) is 12.1 Å². The number of nitrogens with one attached hydrogen (secondary N) is 3. The molecular formula is C16H24N3O3+. The molecule has 0 radical (unpaired) electrons. The Kier molecular flexibility index (Phi) is 6.36. The zero-order chi connectivity index (χ0) is 15.8. The molecule has 1 saturated heterocycles. The number of morpholine rings is 1. The van der Waals surface area contributed by atoms with Gasteiger partial charge in [-0.25, -0.2) is 0 Å². The molecule has 6 nitrogen and oxygen atoms in total. The number of ether oxygens (including phenoxy) is 1. The molecule has 1 aromatic rings. The number of hydrogen-bond donors (Lipinski definition) is 3. The van der Waals surface area contributed by atoms with Crippen LogP contribution in [0.1, 0.15) is 12.0 Å². The standard InChI is InChI=1S/C16H23N3O3/c1-13-4-2-5-14(12-13)18-16(21)15(20)17-6-3-7-19-8-10-22-11-9-19/h2,4-5,12H,3,6-11H2,1H3,(H,17,20)(H,18,21)/p+1. The van der Waals surface area contributed by atoms with Crippen molar-refractivity contribution >= 4 is 17.5 Å². The summed E-state index contributed by atoms with van der Waals surface area (Å²) in [6.07, 6.45) is 0.860. The van der Waals surface area contributed by atoms with Crippen LogP contribution in [0.3, 0.4) is 0 Å². The normalized spacial score (nSPS) is 15.3. The molecule has 1 aliphatic rings. The van der Waals surface area contributed by atoms with Gasteiger partial charge in [0.05, 0.1) is 19.8 Å². The summed E-state index contributed by atoms with van der Waals surface area (Å²) in [5.41, 5.74) is 1.67. The third kappa shape index (κ3) is 5.46. The summed E-state index contributed by atoms with van der Waals surface area (Å²) in [4.78, 5) is 25.0. The van der Waals surface area contributed by atoms with Crippen LogP contribution in [0.2, 0.25) is 0 Å². The first-order chi connectivity index (χ1) is 10.6. The van der Waals surface area contributed by atoms with E-state index in [2.05, 4.69) is 10.6 Å². The van der Waals surface area contributed by atoms with E-state index in [1.165, 1.54) is 4.90 Å². The number of benzene rings is 1. The van der Waals surface area contributed by atoms with Crippen molar-refractivity contribution in [3.8, 4) is 0 Å². The number of carbonyl (C=O) groups excluding carboxylic acids is 2. The maximum absolute atomic E-state index is 11.8. The first-order valence-electron chi connectivity index (χ1n) is 7.72. The molecule has 0 unspecified atom stereocenters. The average Bonchev–Trinajstić information content (AvgIpc) is 2.52. The Hall–Kier alpha value is -1.92. The first kappa shape index (κ1) is 16.5. The Morgan fingerprint density at radius 3 is 2.73 bits per heavy atom. The van der Waals surface area contributed by atoms with Gasteiger partial charge in [0, 0.05) is 18.7 Å². The predicted molar refractivity (Wildman–Crippen MR) is 83.8 cm³/mol. The third-order valence-electron chi connectivity index (χ3n) is 3.67. The number of hydrogen-bond acceptors (Lipinski definition) is 3. The molecule has 0 bridgehead atoms. The number of anilines is 1. The van der Waals surface area contributed by atoms with Crippen LogP contribution in [-0.2, 0) is 14.3 Å². The van der Waals surface area contributed by atoms with Crippen molar-refractivity contribution in [1.82, 2.24) is 5.32 Å². The SMILES string of the molecule is Cc1cccc(NC(=O)C(=O)NCCC[NH+]2CCOCC2)c1. The fraction of sp³-hybridized carbons (Fsp3) is 0.500. The molecule has 0 spiro atoms. The minimum atomic E-state index is -0.621. The Bertz CT molecular complexity index is 513. The number of carbonyl (C=O) groups is 2. The maximum atomic E-state index is 11.8. The van der Waals surface area contributed by atoms with Crippen LogP contribution >= 0.6 is 0 Å². The van der Waals surface area contributed by atoms with Gasteiger partial charge in [0.2, 0.25) is 0 Å². The van der Waals surface area contributed by atoms with E-state index >= 15 is 0 Å². The molecule has 22 heavy (non-hydrogen) atoms. The van der Waals surface area contributed by atoms with E-state index in [-0.39, 0.29) is 0 Å². The van der Waals surface area contributed by atoms with Crippen molar-refractivity contribution in [3.63, 3.8) is 0 Å². The maximum Gasteiger partial charge on any atom is 0.313 e. The zero-order valence-corrected chi connectivity index (χ0v) is 13.0. The van der Waals surface area contributed by atoms with Crippen LogP contribution in [0.5, 0.6) is 0 Å². The van der Waals surface area contributed by atoms with Gasteiger partial charge in [-0.3, -0.25) is 9.59 Å². The smallest absolute Gasteiger partial charge is 0.313 e. The molecule has 1 fully saturated rings. The second kappa shape index (κ2) is 8.51. The van der Waals surface area contributed by atoms with Crippen LogP contribution in [0.15, 0.2) is 24.3 Å². The molecule has 2 rings (SSSR count). The van der Waals surface area contributed by atoms with Crippen LogP contribution in [0.25, 0.3) is 0 Å². The van der Waals surface area contributed by atoms with E-state index in [0.717, 1.165) is 44.8 Å². The highest BCUT2D eigenvalue weighted by molar-refractivity contribution is 6.39. The third-order valence-corrected chi connectivity index (χ3v) is 3.67. The molecule has 6 heteroatoms. The Labute approximate surface area is 130 Å². The highest BCUT2D eigenvalue weighted by Crippen LogP contribution is 2.08. The highest BCUT2D eigenvalue weighted by Gasteiger charge is 2.15. The van der Waals surface area contributed by atoms with Crippen molar-refractivity contribution in [2.45, 2.75) is 13.3 Å². The molecule has 3 N–H and O–H groups in total. The van der Waals surface area contributed by atoms with Crippen molar-refractivity contribution in [2.75, 3.05) is 44.7 Å². The fourth-order valence-electron chi connectivity index (χ4n) is 2.44. The summed E-state index contributed by atoms with van der Waals surface area (Å²) >= 11 is 0. The van der Waals surface area contributed by atoms with Gasteiger partial charge in [-0.2, -0.15) is 0 Å². The van der Waals surface area contributed by atoms with Crippen molar-refractivity contribution < 1.29 is 19.2 Å². The van der Waals surface area contributed by atoms with Crippen LogP contribution in [0.4, 0.5) is 5.69 Å². The molecule has 1 aromatic carbocycles. The topological polar surface area (TPSA) is 71.9 Å². The Morgan fingerprint density at radius 1 is 1.23 bits per heavy atom. The van der Waals surface area contributed by atoms with Crippen LogP contribution in [-0.4, -0.2) is 51.2 Å². The summed E-state index contributed by atoms with van der Waals surface area (Å²) < 4.78 is 5.30. The largest absolute Gasteiger partial charge is 0.370 e. The number of rotatable bonds is 5. The second-order valence-electron chi connectivity index (χ2n) is 5.55. The monoisotopic (exact) mass is 306 g/mol. The van der Waals surface area contributed by atoms with Gasteiger partial charge < -0.3 is 20.3 Å². The number of quaternary nitrogens is 1. The van der Waals surface area contributed by atoms with E-state index < -0.39 is 11.8 Å². The van der Waals surface area contributed by atoms with Crippen LogP contribution < -0.4 is 15.5 Å². The Balaban J connectivity index is 1.64. The fourth-order valence-corrected chi connectivity index (χ4v) is 2.44. The number of aryl methyl sites for hydroxylation is 1. The molecule has 0 atom stereocenters. The molecule has 0 saturated carbocycles. The van der Waals surface area contributed by atoms with Gasteiger partial charge in [-0.15, -0.1) is 0 Å². The van der Waals surface area contributed by atoms with Gasteiger partial charge >= 0.3 is 11.8 Å². The molecule has 1 heterocycles. The summed E-state index contributed by atoms with van der Waals surface area (Å²) in [7, 11) is 0. The highest BCUT2D eigenvalue weighted by atomic mass is 16.5. The summed E-state index contributed by atoms with van der Waals surface area (Å²) in [6.45, 7) is 7.09. The quantitative estimate of drug-likeness (QED) is 0.500. The molecule has 120 valence electrons. The lowest BCUT2D eigenvalue weighted by Crippen LogP contribution is -3.14. The van der Waals surface area contributed by atoms with E-state index in [4.69, 9.17) is 4.74 Å². The first-order valence-corrected chi connectivity index (χ1v) is 7.72. The van der Waals surface area contributed by atoms with Crippen molar-refractivity contribution in [3.05, 3.63) is 29.8 Å². The lowest BCUT2D eigenvalue weighted by molar-refractivity contribution is -0.908. The van der Waals surface area contributed by atoms with E-state index in [1.807, 2.05) is 25.1 Å². The van der Waals surface area contributed by atoms with Gasteiger partial charge in [-0.05, 0) is 24.6 Å². The van der Waals surface area contributed by atoms with Crippen LogP contribution in [0, 0.1) is 6.92 Å². The molecule has 1 aliphatic heterocycles. The summed E-state index contributed by atoms with van der Waals surface area (Å²) in [5.74, 6) is -1.21. The lowest BCUT2D eigenvalue weighted by atomic mass is 10.2. The van der Waals surface area contributed by atoms with Crippen molar-refractivity contribution in [2.24, 2.45) is 0 Å². The lowest BCUT2D eigenvalue weighted by Gasteiger charge is -2.23. The van der Waals surface area contributed by atoms with E-state index in [1.54, 1.807) is 6.07 Å². The van der Waals surface area contributed by atoms with E-state index in [9.17, 15) is 9.59 Å². The van der Waals surface area contributed by atoms with Crippen molar-refractivity contribution in [1.29, 1.82) is 0 Å². The summed E-state index contributed by atoms with van der Waals surface area (Å²) in [6, 6.07) is 7.37. The molecule has 2 amide bonds.